The lowest BCUT2D eigenvalue weighted by Crippen LogP contribution is -2.03. The number of nitrogens with zero attached hydrogens (tertiary/aromatic N) is 2. The van der Waals surface area contributed by atoms with Gasteiger partial charge in [0.25, 0.3) is 5.89 Å². The molecule has 0 radical (unpaired) electrons. The molecule has 27 heavy (non-hydrogen) atoms. The Morgan fingerprint density at radius 3 is 2.67 bits per heavy atom. The van der Waals surface area contributed by atoms with E-state index in [0.717, 1.165) is 11.1 Å². The van der Waals surface area contributed by atoms with Crippen LogP contribution in [0.2, 0.25) is 0 Å². The maximum Gasteiger partial charge on any atom is 0.387 e. The number of alkyl halides is 2. The molecule has 0 N–H and O–H groups in total. The van der Waals surface area contributed by atoms with Crippen molar-refractivity contribution in [1.29, 1.82) is 0 Å². The summed E-state index contributed by atoms with van der Waals surface area (Å²) in [6.07, 6.45) is 1.51. The Balaban J connectivity index is 1.89. The van der Waals surface area contributed by atoms with E-state index in [9.17, 15) is 8.78 Å². The average Bonchev–Trinajstić information content (AvgIpc) is 3.12. The van der Waals surface area contributed by atoms with Crippen molar-refractivity contribution in [1.82, 2.24) is 10.1 Å². The van der Waals surface area contributed by atoms with Crippen molar-refractivity contribution in [2.24, 2.45) is 0 Å². The smallest absolute Gasteiger partial charge is 0.387 e. The van der Waals surface area contributed by atoms with Gasteiger partial charge in [-0.05, 0) is 36.3 Å². The number of methoxy groups -OCH3 is 1. The Bertz CT molecular complexity index is 973. The normalized spacial score (nSPS) is 11.7. The molecular formula is C19H15ClF2N2O3. The summed E-state index contributed by atoms with van der Waals surface area (Å²) in [4.78, 5) is 4.29. The SMILES string of the molecule is COc1ccc(/C=C(\Cl)c2nc(-c3ccccc3C)no2)cc1OC(F)F. The third kappa shape index (κ3) is 4.43. The highest BCUT2D eigenvalue weighted by atomic mass is 35.5. The number of ether oxygens (including phenoxy) is 2. The van der Waals surface area contributed by atoms with Gasteiger partial charge in [0, 0.05) is 5.56 Å². The summed E-state index contributed by atoms with van der Waals surface area (Å²) >= 11 is 6.26. The van der Waals surface area contributed by atoms with Gasteiger partial charge in [-0.15, -0.1) is 0 Å². The predicted octanol–water partition coefficient (Wildman–Crippen LogP) is 5.39. The molecule has 3 aromatic rings. The minimum absolute atomic E-state index is 0.100. The van der Waals surface area contributed by atoms with E-state index in [1.54, 1.807) is 6.07 Å². The zero-order valence-electron chi connectivity index (χ0n) is 14.4. The van der Waals surface area contributed by atoms with E-state index in [2.05, 4.69) is 14.9 Å². The molecule has 0 amide bonds. The van der Waals surface area contributed by atoms with Gasteiger partial charge in [-0.1, -0.05) is 47.1 Å². The molecule has 1 aromatic heterocycles. The van der Waals surface area contributed by atoms with Crippen molar-refractivity contribution in [2.75, 3.05) is 7.11 Å². The van der Waals surface area contributed by atoms with E-state index in [4.69, 9.17) is 20.9 Å². The van der Waals surface area contributed by atoms with Gasteiger partial charge in [0.05, 0.1) is 7.11 Å². The maximum atomic E-state index is 12.5. The molecule has 0 spiro atoms. The van der Waals surface area contributed by atoms with Crippen LogP contribution in [0.5, 0.6) is 11.5 Å². The first-order valence-corrected chi connectivity index (χ1v) is 8.26. The van der Waals surface area contributed by atoms with Gasteiger partial charge in [-0.3, -0.25) is 0 Å². The van der Waals surface area contributed by atoms with Crippen molar-refractivity contribution in [3.05, 3.63) is 59.5 Å². The topological polar surface area (TPSA) is 57.4 Å². The Labute approximate surface area is 159 Å². The maximum absolute atomic E-state index is 12.5. The van der Waals surface area contributed by atoms with Crippen LogP contribution in [0.1, 0.15) is 17.0 Å². The molecule has 0 bridgehead atoms. The molecule has 0 saturated carbocycles. The number of halogens is 3. The van der Waals surface area contributed by atoms with Crippen molar-refractivity contribution < 1.29 is 22.8 Å². The van der Waals surface area contributed by atoms with E-state index in [1.165, 1.54) is 25.3 Å². The summed E-state index contributed by atoms with van der Waals surface area (Å²) in [5.41, 5.74) is 2.33. The molecule has 0 atom stereocenters. The van der Waals surface area contributed by atoms with Crippen LogP contribution in [0, 0.1) is 6.92 Å². The summed E-state index contributed by atoms with van der Waals surface area (Å²) in [5.74, 6) is 0.605. The second-order valence-corrected chi connectivity index (χ2v) is 5.93. The van der Waals surface area contributed by atoms with Crippen LogP contribution in [0.25, 0.3) is 22.5 Å². The van der Waals surface area contributed by atoms with Gasteiger partial charge in [0.1, 0.15) is 5.03 Å². The molecule has 5 nitrogen and oxygen atoms in total. The molecule has 0 saturated heterocycles. The summed E-state index contributed by atoms with van der Waals surface area (Å²) in [7, 11) is 1.36. The largest absolute Gasteiger partial charge is 0.493 e. The summed E-state index contributed by atoms with van der Waals surface area (Å²) in [5, 5.41) is 4.10. The zero-order valence-corrected chi connectivity index (χ0v) is 15.2. The molecule has 0 aliphatic heterocycles. The fraction of sp³-hybridized carbons (Fsp3) is 0.158. The lowest BCUT2D eigenvalue weighted by molar-refractivity contribution is -0.0512. The van der Waals surface area contributed by atoms with Gasteiger partial charge in [0.15, 0.2) is 11.5 Å². The molecule has 8 heteroatoms. The van der Waals surface area contributed by atoms with E-state index >= 15 is 0 Å². The highest BCUT2D eigenvalue weighted by Gasteiger charge is 2.14. The second kappa shape index (κ2) is 8.18. The van der Waals surface area contributed by atoms with Crippen molar-refractivity contribution in [3.63, 3.8) is 0 Å². The van der Waals surface area contributed by atoms with Crippen LogP contribution >= 0.6 is 11.6 Å². The first-order chi connectivity index (χ1) is 13.0. The molecule has 0 fully saturated rings. The zero-order chi connectivity index (χ0) is 19.4. The van der Waals surface area contributed by atoms with Gasteiger partial charge in [-0.25, -0.2) is 0 Å². The minimum atomic E-state index is -2.97. The van der Waals surface area contributed by atoms with Crippen LogP contribution in [0.15, 0.2) is 47.0 Å². The first kappa shape index (κ1) is 18.8. The quantitative estimate of drug-likeness (QED) is 0.562. The summed E-state index contributed by atoms with van der Waals surface area (Å²) in [6, 6.07) is 12.1. The Morgan fingerprint density at radius 2 is 1.96 bits per heavy atom. The Kier molecular flexibility index (Phi) is 5.71. The monoisotopic (exact) mass is 392 g/mol. The average molecular weight is 393 g/mol. The Hall–Kier alpha value is -2.93. The minimum Gasteiger partial charge on any atom is -0.493 e. The highest BCUT2D eigenvalue weighted by Crippen LogP contribution is 2.32. The van der Waals surface area contributed by atoms with Crippen LogP contribution < -0.4 is 9.47 Å². The number of aryl methyl sites for hydroxylation is 1. The molecule has 0 aliphatic carbocycles. The van der Waals surface area contributed by atoms with Crippen molar-refractivity contribution in [2.45, 2.75) is 13.5 Å². The second-order valence-electron chi connectivity index (χ2n) is 5.52. The van der Waals surface area contributed by atoms with Gasteiger partial charge >= 0.3 is 6.61 Å². The fourth-order valence-corrected chi connectivity index (χ4v) is 2.64. The molecule has 2 aromatic carbocycles. The number of benzene rings is 2. The molecule has 0 aliphatic rings. The fourth-order valence-electron chi connectivity index (χ4n) is 2.43. The lowest BCUT2D eigenvalue weighted by atomic mass is 10.1. The van der Waals surface area contributed by atoms with E-state index < -0.39 is 6.61 Å². The predicted molar refractivity (Wildman–Crippen MR) is 97.8 cm³/mol. The molecule has 0 unspecified atom stereocenters. The molecular weight excluding hydrogens is 378 g/mol. The van der Waals surface area contributed by atoms with Gasteiger partial charge < -0.3 is 14.0 Å². The number of aromatic nitrogens is 2. The van der Waals surface area contributed by atoms with Crippen LogP contribution in [-0.4, -0.2) is 23.9 Å². The summed E-state index contributed by atoms with van der Waals surface area (Å²) < 4.78 is 39.7. The molecule has 140 valence electrons. The third-order valence-corrected chi connectivity index (χ3v) is 3.98. The third-order valence-electron chi connectivity index (χ3n) is 3.71. The van der Waals surface area contributed by atoms with Crippen molar-refractivity contribution in [3.8, 4) is 22.9 Å². The number of hydrogen-bond donors (Lipinski definition) is 0. The Morgan fingerprint density at radius 1 is 1.19 bits per heavy atom. The van der Waals surface area contributed by atoms with Crippen LogP contribution in [-0.2, 0) is 0 Å². The first-order valence-electron chi connectivity index (χ1n) is 7.88. The lowest BCUT2D eigenvalue weighted by Gasteiger charge is -2.10. The van der Waals surface area contributed by atoms with Gasteiger partial charge in [0.2, 0.25) is 5.82 Å². The van der Waals surface area contributed by atoms with Crippen molar-refractivity contribution >= 4 is 22.7 Å². The van der Waals surface area contributed by atoms with Crippen LogP contribution in [0.4, 0.5) is 8.78 Å². The van der Waals surface area contributed by atoms with E-state index in [1.807, 2.05) is 31.2 Å². The van der Waals surface area contributed by atoms with E-state index in [0.29, 0.717) is 11.4 Å². The number of hydrogen-bond acceptors (Lipinski definition) is 5. The summed E-state index contributed by atoms with van der Waals surface area (Å²) in [6.45, 7) is -1.04. The van der Waals surface area contributed by atoms with Crippen LogP contribution in [0.3, 0.4) is 0 Å². The molecule has 1 heterocycles. The van der Waals surface area contributed by atoms with Gasteiger partial charge in [-0.2, -0.15) is 13.8 Å². The number of rotatable bonds is 6. The highest BCUT2D eigenvalue weighted by molar-refractivity contribution is 6.50. The van der Waals surface area contributed by atoms with E-state index in [-0.39, 0.29) is 22.4 Å². The standard InChI is InChI=1S/C19H15ClF2N2O3/c1-11-5-3-4-6-13(11)17-23-18(27-24-17)14(20)9-12-7-8-15(25-2)16(10-12)26-19(21)22/h3-10,19H,1-2H3/b14-9-. The molecule has 3 rings (SSSR count).